The van der Waals surface area contributed by atoms with Gasteiger partial charge in [-0.05, 0) is 12.1 Å². The summed E-state index contributed by atoms with van der Waals surface area (Å²) in [6.07, 6.45) is 0.0740. The lowest BCUT2D eigenvalue weighted by atomic mass is 10.1. The van der Waals surface area contributed by atoms with Gasteiger partial charge in [0.25, 0.3) is 0 Å². The minimum absolute atomic E-state index is 0.0740. The summed E-state index contributed by atoms with van der Waals surface area (Å²) in [7, 11) is 0. The number of nitrogens with zero attached hydrogens (tertiary/aromatic N) is 1. The molecule has 0 fully saturated rings. The second-order valence-electron chi connectivity index (χ2n) is 4.13. The van der Waals surface area contributed by atoms with Crippen molar-refractivity contribution in [2.24, 2.45) is 0 Å². The molecule has 0 bridgehead atoms. The second kappa shape index (κ2) is 5.34. The number of hydrazine groups is 1. The Kier molecular flexibility index (Phi) is 3.61. The summed E-state index contributed by atoms with van der Waals surface area (Å²) < 4.78 is 0. The van der Waals surface area contributed by atoms with Crippen LogP contribution in [0, 0.1) is 0 Å². The molecule has 0 saturated heterocycles. The predicted octanol–water partition coefficient (Wildman–Crippen LogP) is 0.527. The smallest absolute Gasteiger partial charge is 0.244 e. The number of para-hydroxylation sites is 1. The molecule has 0 saturated carbocycles. The number of carbonyl (C=O) groups excluding carboxylic acids is 2. The van der Waals surface area contributed by atoms with E-state index in [2.05, 4.69) is 15.8 Å². The van der Waals surface area contributed by atoms with Gasteiger partial charge in [-0.15, -0.1) is 0 Å². The number of pyridine rings is 1. The molecular weight excluding hydrogens is 244 g/mol. The monoisotopic (exact) mass is 258 g/mol. The summed E-state index contributed by atoms with van der Waals surface area (Å²) in [5, 5.41) is 0.922. The van der Waals surface area contributed by atoms with Crippen molar-refractivity contribution in [3.63, 3.8) is 0 Å². The fraction of sp³-hybridized carbons (Fsp3) is 0.154. The molecule has 2 rings (SSSR count). The molecule has 98 valence electrons. The van der Waals surface area contributed by atoms with Crippen molar-refractivity contribution in [3.05, 3.63) is 36.0 Å². The van der Waals surface area contributed by atoms with Gasteiger partial charge in [-0.25, -0.2) is 0 Å². The maximum atomic E-state index is 11.5. The molecule has 0 aliphatic rings. The molecule has 0 aliphatic heterocycles. The molecule has 0 unspecified atom stereocenters. The summed E-state index contributed by atoms with van der Waals surface area (Å²) >= 11 is 0. The third-order valence-corrected chi connectivity index (χ3v) is 2.53. The van der Waals surface area contributed by atoms with Crippen LogP contribution >= 0.6 is 0 Å². The summed E-state index contributed by atoms with van der Waals surface area (Å²) in [5.41, 5.74) is 12.2. The van der Waals surface area contributed by atoms with Crippen molar-refractivity contribution in [1.29, 1.82) is 0 Å². The van der Waals surface area contributed by atoms with Crippen molar-refractivity contribution in [3.8, 4) is 0 Å². The molecule has 1 heterocycles. The topological polar surface area (TPSA) is 97.1 Å². The number of aromatic nitrogens is 1. The van der Waals surface area contributed by atoms with Gasteiger partial charge in [0.15, 0.2) is 0 Å². The molecule has 0 atom stereocenters. The largest absolute Gasteiger partial charge is 0.397 e. The zero-order chi connectivity index (χ0) is 13.8. The number of carbonyl (C=O) groups is 2. The molecule has 0 aliphatic carbocycles. The lowest BCUT2D eigenvalue weighted by molar-refractivity contribution is -0.127. The maximum absolute atomic E-state index is 11.5. The molecular formula is C13H14N4O2. The highest BCUT2D eigenvalue weighted by Crippen LogP contribution is 2.18. The minimum atomic E-state index is -0.337. The van der Waals surface area contributed by atoms with E-state index in [4.69, 9.17) is 5.73 Å². The molecule has 1 aromatic heterocycles. The van der Waals surface area contributed by atoms with Gasteiger partial charge >= 0.3 is 0 Å². The van der Waals surface area contributed by atoms with Crippen LogP contribution < -0.4 is 16.6 Å². The Morgan fingerprint density at radius 3 is 2.74 bits per heavy atom. The fourth-order valence-corrected chi connectivity index (χ4v) is 1.68. The van der Waals surface area contributed by atoms with Gasteiger partial charge in [0, 0.05) is 12.3 Å². The Labute approximate surface area is 110 Å². The molecule has 4 N–H and O–H groups in total. The summed E-state index contributed by atoms with van der Waals surface area (Å²) in [6.45, 7) is 1.31. The fourth-order valence-electron chi connectivity index (χ4n) is 1.68. The molecule has 6 nitrogen and oxygen atoms in total. The van der Waals surface area contributed by atoms with Crippen LogP contribution in [-0.2, 0) is 16.0 Å². The quantitative estimate of drug-likeness (QED) is 0.540. The van der Waals surface area contributed by atoms with E-state index < -0.39 is 0 Å². The van der Waals surface area contributed by atoms with Gasteiger partial charge in [0.1, 0.15) is 0 Å². The van der Waals surface area contributed by atoms with Crippen LogP contribution in [0.5, 0.6) is 0 Å². The van der Waals surface area contributed by atoms with E-state index in [1.165, 1.54) is 6.92 Å². The van der Waals surface area contributed by atoms with Gasteiger partial charge in [-0.3, -0.25) is 25.4 Å². The third kappa shape index (κ3) is 3.19. The van der Waals surface area contributed by atoms with E-state index in [-0.39, 0.29) is 18.2 Å². The number of fused-ring (bicyclic) bond motifs is 1. The molecule has 0 spiro atoms. The first kappa shape index (κ1) is 12.8. The van der Waals surface area contributed by atoms with Gasteiger partial charge in [-0.1, -0.05) is 18.2 Å². The van der Waals surface area contributed by atoms with Crippen LogP contribution in [0.15, 0.2) is 30.3 Å². The van der Waals surface area contributed by atoms with Crippen LogP contribution in [0.25, 0.3) is 10.9 Å². The van der Waals surface area contributed by atoms with E-state index >= 15 is 0 Å². The molecule has 1 aromatic carbocycles. The Balaban J connectivity index is 2.15. The highest BCUT2D eigenvalue weighted by Gasteiger charge is 2.07. The first-order valence-corrected chi connectivity index (χ1v) is 5.76. The van der Waals surface area contributed by atoms with Crippen molar-refractivity contribution in [1.82, 2.24) is 15.8 Å². The summed E-state index contributed by atoms with van der Waals surface area (Å²) in [6, 6.07) is 9.13. The Morgan fingerprint density at radius 1 is 1.21 bits per heavy atom. The SMILES string of the molecule is CC(=O)NNC(=O)Cc1ccc2cccc(N)c2n1. The van der Waals surface area contributed by atoms with Crippen molar-refractivity contribution in [2.45, 2.75) is 13.3 Å². The summed E-state index contributed by atoms with van der Waals surface area (Å²) in [4.78, 5) is 26.5. The standard InChI is InChI=1S/C13H14N4O2/c1-8(18)16-17-12(19)7-10-6-5-9-3-2-4-11(14)13(9)15-10/h2-6H,7,14H2,1H3,(H,16,18)(H,17,19). The Hall–Kier alpha value is -2.63. The first-order chi connectivity index (χ1) is 9.06. The summed E-state index contributed by atoms with van der Waals surface area (Å²) in [5.74, 6) is -0.666. The minimum Gasteiger partial charge on any atom is -0.397 e. The Morgan fingerprint density at radius 2 is 2.00 bits per heavy atom. The van der Waals surface area contributed by atoms with Gasteiger partial charge in [0.05, 0.1) is 23.3 Å². The number of nitrogens with two attached hydrogens (primary N) is 1. The van der Waals surface area contributed by atoms with Crippen LogP contribution in [-0.4, -0.2) is 16.8 Å². The normalized spacial score (nSPS) is 10.2. The van der Waals surface area contributed by atoms with Crippen LogP contribution in [0.1, 0.15) is 12.6 Å². The van der Waals surface area contributed by atoms with E-state index in [0.717, 1.165) is 5.39 Å². The lowest BCUT2D eigenvalue weighted by Gasteiger charge is -2.06. The highest BCUT2D eigenvalue weighted by molar-refractivity contribution is 5.90. The van der Waals surface area contributed by atoms with Gasteiger partial charge < -0.3 is 5.73 Å². The van der Waals surface area contributed by atoms with Gasteiger partial charge in [0.2, 0.25) is 11.8 Å². The van der Waals surface area contributed by atoms with Crippen molar-refractivity contribution < 1.29 is 9.59 Å². The number of rotatable bonds is 2. The molecule has 2 aromatic rings. The van der Waals surface area contributed by atoms with Crippen molar-refractivity contribution in [2.75, 3.05) is 5.73 Å². The van der Waals surface area contributed by atoms with E-state index in [9.17, 15) is 9.59 Å². The third-order valence-electron chi connectivity index (χ3n) is 2.53. The number of benzene rings is 1. The average molecular weight is 258 g/mol. The number of anilines is 1. The second-order valence-corrected chi connectivity index (χ2v) is 4.13. The van der Waals surface area contributed by atoms with Crippen LogP contribution in [0.4, 0.5) is 5.69 Å². The maximum Gasteiger partial charge on any atom is 0.244 e. The van der Waals surface area contributed by atoms with E-state index in [1.807, 2.05) is 18.2 Å². The number of hydrogen-bond donors (Lipinski definition) is 3. The lowest BCUT2D eigenvalue weighted by Crippen LogP contribution is -2.41. The van der Waals surface area contributed by atoms with E-state index in [0.29, 0.717) is 16.9 Å². The highest BCUT2D eigenvalue weighted by atomic mass is 16.2. The van der Waals surface area contributed by atoms with Crippen molar-refractivity contribution >= 4 is 28.4 Å². The number of amides is 2. The zero-order valence-corrected chi connectivity index (χ0v) is 10.4. The number of nitrogens with one attached hydrogen (secondary N) is 2. The van der Waals surface area contributed by atoms with Gasteiger partial charge in [-0.2, -0.15) is 0 Å². The van der Waals surface area contributed by atoms with Crippen LogP contribution in [0.2, 0.25) is 0 Å². The number of hydrogen-bond acceptors (Lipinski definition) is 4. The number of nitrogen functional groups attached to an aromatic ring is 1. The average Bonchev–Trinajstić information content (AvgIpc) is 2.37. The van der Waals surface area contributed by atoms with Crippen LogP contribution in [0.3, 0.4) is 0 Å². The molecule has 0 radical (unpaired) electrons. The molecule has 2 amide bonds. The predicted molar refractivity (Wildman–Crippen MR) is 71.8 cm³/mol. The Bertz CT molecular complexity index is 640. The molecule has 19 heavy (non-hydrogen) atoms. The first-order valence-electron chi connectivity index (χ1n) is 5.76. The molecule has 6 heteroatoms. The zero-order valence-electron chi connectivity index (χ0n) is 10.4. The van der Waals surface area contributed by atoms with E-state index in [1.54, 1.807) is 12.1 Å².